The highest BCUT2D eigenvalue weighted by atomic mass is 32.2. The molecule has 188 valence electrons. The Morgan fingerprint density at radius 2 is 1.57 bits per heavy atom. The van der Waals surface area contributed by atoms with Gasteiger partial charge in [-0.3, -0.25) is 9.10 Å². The van der Waals surface area contributed by atoms with E-state index in [0.29, 0.717) is 5.69 Å². The number of carbonyl (C=O) groups excluding carboxylic acids is 1. The molecule has 1 amide bonds. The van der Waals surface area contributed by atoms with Gasteiger partial charge in [-0.2, -0.15) is 13.2 Å². The molecule has 0 heterocycles. The molecule has 1 N–H and O–H groups in total. The number of hydrogen-bond acceptors (Lipinski definition) is 3. The number of carbonyl (C=O) groups is 1. The minimum Gasteiger partial charge on any atom is -0.325 e. The molecule has 4 aliphatic carbocycles. The monoisotopic (exact) mass is 506 g/mol. The van der Waals surface area contributed by atoms with E-state index in [9.17, 15) is 26.4 Å². The van der Waals surface area contributed by atoms with Crippen LogP contribution in [-0.2, 0) is 26.4 Å². The molecule has 2 aromatic carbocycles. The van der Waals surface area contributed by atoms with Gasteiger partial charge in [0.05, 0.1) is 17.5 Å². The Bertz CT molecular complexity index is 1190. The predicted molar refractivity (Wildman–Crippen MR) is 129 cm³/mol. The van der Waals surface area contributed by atoms with Crippen LogP contribution >= 0.6 is 0 Å². The van der Waals surface area contributed by atoms with Gasteiger partial charge in [0.2, 0.25) is 15.9 Å². The fraction of sp³-hybridized carbons (Fsp3) is 0.500. The molecular formula is C26H29F3N2O3S. The van der Waals surface area contributed by atoms with Crippen molar-refractivity contribution in [3.8, 4) is 0 Å². The number of anilines is 2. The summed E-state index contributed by atoms with van der Waals surface area (Å²) in [5.74, 6) is 1.63. The van der Waals surface area contributed by atoms with E-state index < -0.39 is 34.2 Å². The number of alkyl halides is 3. The van der Waals surface area contributed by atoms with E-state index in [4.69, 9.17) is 0 Å². The van der Waals surface area contributed by atoms with Crippen molar-refractivity contribution in [1.29, 1.82) is 0 Å². The summed E-state index contributed by atoms with van der Waals surface area (Å²) in [6, 6.07) is 11.7. The smallest absolute Gasteiger partial charge is 0.325 e. The Hall–Kier alpha value is -2.55. The zero-order valence-electron chi connectivity index (χ0n) is 19.5. The van der Waals surface area contributed by atoms with Gasteiger partial charge in [0.25, 0.3) is 0 Å². The van der Waals surface area contributed by atoms with Gasteiger partial charge in [0, 0.05) is 5.69 Å². The Kier molecular flexibility index (Phi) is 5.89. The van der Waals surface area contributed by atoms with Crippen LogP contribution in [0, 0.1) is 17.8 Å². The fourth-order valence-electron chi connectivity index (χ4n) is 6.95. The van der Waals surface area contributed by atoms with Gasteiger partial charge in [-0.25, -0.2) is 8.42 Å². The minimum atomic E-state index is -4.54. The first kappa shape index (κ1) is 24.2. The lowest BCUT2D eigenvalue weighted by atomic mass is 9.48. The van der Waals surface area contributed by atoms with E-state index in [1.807, 2.05) is 12.1 Å². The molecule has 4 saturated carbocycles. The van der Waals surface area contributed by atoms with Gasteiger partial charge in [0.15, 0.2) is 0 Å². The minimum absolute atomic E-state index is 0.0459. The molecule has 0 radical (unpaired) electrons. The molecule has 4 bridgehead atoms. The highest BCUT2D eigenvalue weighted by Gasteiger charge is 2.51. The first-order valence-corrected chi connectivity index (χ1v) is 13.8. The second-order valence-corrected chi connectivity index (χ2v) is 12.5. The Morgan fingerprint density at radius 3 is 2.09 bits per heavy atom. The van der Waals surface area contributed by atoms with Crippen molar-refractivity contribution in [2.75, 3.05) is 22.4 Å². The molecule has 0 aromatic heterocycles. The number of rotatable bonds is 6. The molecule has 0 spiro atoms. The first-order valence-electron chi connectivity index (χ1n) is 12.0. The van der Waals surface area contributed by atoms with Crippen LogP contribution in [0.25, 0.3) is 0 Å². The predicted octanol–water partition coefficient (Wildman–Crippen LogP) is 5.58. The molecule has 0 aliphatic heterocycles. The van der Waals surface area contributed by atoms with Crippen molar-refractivity contribution < 1.29 is 26.4 Å². The van der Waals surface area contributed by atoms with E-state index >= 15 is 0 Å². The highest BCUT2D eigenvalue weighted by Crippen LogP contribution is 2.60. The van der Waals surface area contributed by atoms with Gasteiger partial charge < -0.3 is 5.32 Å². The van der Waals surface area contributed by atoms with Crippen LogP contribution in [0.5, 0.6) is 0 Å². The van der Waals surface area contributed by atoms with Crippen LogP contribution in [-0.4, -0.2) is 27.1 Å². The van der Waals surface area contributed by atoms with Crippen molar-refractivity contribution in [2.24, 2.45) is 17.8 Å². The van der Waals surface area contributed by atoms with E-state index in [1.54, 1.807) is 12.1 Å². The average molecular weight is 507 g/mol. The van der Waals surface area contributed by atoms with Crippen LogP contribution in [0.15, 0.2) is 48.5 Å². The SMILES string of the molecule is CS(=O)(=O)N(CC(=O)Nc1cccc(C(F)(F)F)c1)c1ccc(C23CC4CC(CC(C4)C2)C3)cc1. The molecule has 4 fully saturated rings. The zero-order chi connectivity index (χ0) is 25.0. The maximum Gasteiger partial charge on any atom is 0.416 e. The molecule has 6 rings (SSSR count). The van der Waals surface area contributed by atoms with Crippen molar-refractivity contribution in [1.82, 2.24) is 0 Å². The van der Waals surface area contributed by atoms with Crippen LogP contribution in [0.3, 0.4) is 0 Å². The number of hydrogen-bond donors (Lipinski definition) is 1. The third-order valence-electron chi connectivity index (χ3n) is 7.97. The van der Waals surface area contributed by atoms with Crippen LogP contribution < -0.4 is 9.62 Å². The normalized spacial score (nSPS) is 27.6. The number of sulfonamides is 1. The van der Waals surface area contributed by atoms with Crippen molar-refractivity contribution in [2.45, 2.75) is 50.1 Å². The molecule has 5 nitrogen and oxygen atoms in total. The topological polar surface area (TPSA) is 66.5 Å². The van der Waals surface area contributed by atoms with Crippen molar-refractivity contribution >= 4 is 27.3 Å². The van der Waals surface area contributed by atoms with Gasteiger partial charge in [-0.15, -0.1) is 0 Å². The van der Waals surface area contributed by atoms with E-state index in [2.05, 4.69) is 5.32 Å². The number of nitrogens with one attached hydrogen (secondary N) is 1. The average Bonchev–Trinajstić information content (AvgIpc) is 2.76. The Balaban J connectivity index is 1.33. The van der Waals surface area contributed by atoms with Crippen molar-refractivity contribution in [3.05, 3.63) is 59.7 Å². The number of amides is 1. The summed E-state index contributed by atoms with van der Waals surface area (Å²) < 4.78 is 64.9. The highest BCUT2D eigenvalue weighted by molar-refractivity contribution is 7.92. The van der Waals surface area contributed by atoms with Gasteiger partial charge in [0.1, 0.15) is 6.54 Å². The molecule has 0 saturated heterocycles. The quantitative estimate of drug-likeness (QED) is 0.557. The standard InChI is InChI=1S/C26H29F3N2O3S/c1-35(33,34)31(16-24(32)30-22-4-2-3-21(12-22)26(27,28)29)23-7-5-20(6-8-23)25-13-17-9-18(14-25)11-19(10-17)15-25/h2-8,12,17-19H,9-11,13-16H2,1H3,(H,30,32). The van der Waals surface area contributed by atoms with E-state index in [1.165, 1.54) is 56.2 Å². The lowest BCUT2D eigenvalue weighted by Gasteiger charge is -2.57. The van der Waals surface area contributed by atoms with E-state index in [0.717, 1.165) is 40.4 Å². The Morgan fingerprint density at radius 1 is 1.00 bits per heavy atom. The summed E-state index contributed by atoms with van der Waals surface area (Å²) in [4.78, 5) is 12.6. The summed E-state index contributed by atoms with van der Waals surface area (Å²) in [5.41, 5.74) is 0.831. The lowest BCUT2D eigenvalue weighted by Crippen LogP contribution is -2.48. The Labute approximate surface area is 203 Å². The van der Waals surface area contributed by atoms with Crippen LogP contribution in [0.1, 0.15) is 49.7 Å². The number of halogens is 3. The fourth-order valence-corrected chi connectivity index (χ4v) is 7.81. The molecular weight excluding hydrogens is 477 g/mol. The van der Waals surface area contributed by atoms with Crippen LogP contribution in [0.2, 0.25) is 0 Å². The molecule has 0 unspecified atom stereocenters. The molecule has 35 heavy (non-hydrogen) atoms. The summed E-state index contributed by atoms with van der Waals surface area (Å²) in [5, 5.41) is 2.38. The van der Waals surface area contributed by atoms with Gasteiger partial charge >= 0.3 is 6.18 Å². The number of benzene rings is 2. The third kappa shape index (κ3) is 4.92. The maximum atomic E-state index is 13.0. The molecule has 4 aliphatic rings. The summed E-state index contributed by atoms with van der Waals surface area (Å²) in [6.07, 6.45) is 4.03. The molecule has 2 aromatic rings. The third-order valence-corrected chi connectivity index (χ3v) is 9.11. The van der Waals surface area contributed by atoms with Gasteiger partial charge in [-0.1, -0.05) is 18.2 Å². The summed E-state index contributed by atoms with van der Waals surface area (Å²) in [6.45, 7) is -0.536. The summed E-state index contributed by atoms with van der Waals surface area (Å²) in [7, 11) is -3.80. The molecule has 0 atom stereocenters. The zero-order valence-corrected chi connectivity index (χ0v) is 20.3. The van der Waals surface area contributed by atoms with Crippen LogP contribution in [0.4, 0.5) is 24.5 Å². The summed E-state index contributed by atoms with van der Waals surface area (Å²) >= 11 is 0. The number of nitrogens with zero attached hydrogens (tertiary/aromatic N) is 1. The van der Waals surface area contributed by atoms with E-state index in [-0.39, 0.29) is 11.1 Å². The van der Waals surface area contributed by atoms with Gasteiger partial charge in [-0.05, 0) is 97.6 Å². The second kappa shape index (κ2) is 8.54. The lowest BCUT2D eigenvalue weighted by molar-refractivity contribution is -0.137. The second-order valence-electron chi connectivity index (χ2n) is 10.6. The largest absolute Gasteiger partial charge is 0.416 e. The molecule has 9 heteroatoms. The first-order chi connectivity index (χ1) is 16.4. The van der Waals surface area contributed by atoms with Crippen molar-refractivity contribution in [3.63, 3.8) is 0 Å². The maximum absolute atomic E-state index is 13.0.